The lowest BCUT2D eigenvalue weighted by atomic mass is 10.0. The Morgan fingerprint density at radius 1 is 0.232 bits per heavy atom. The smallest absolute Gasteiger partial charge is 0.463 e. The van der Waals surface area contributed by atoms with Gasteiger partial charge in [-0.3, -0.25) is 32.5 Å². The Kier molecular flexibility index (Phi) is 93.1. The zero-order valence-corrected chi connectivity index (χ0v) is 80.7. The molecule has 0 saturated heterocycles. The molecular formula is C107H180O16P2. The van der Waals surface area contributed by atoms with Crippen molar-refractivity contribution in [2.45, 2.75) is 424 Å². The van der Waals surface area contributed by atoms with Crippen LogP contribution in [0, 0.1) is 0 Å². The van der Waals surface area contributed by atoms with Gasteiger partial charge in [0.2, 0.25) is 0 Å². The van der Waals surface area contributed by atoms with Crippen molar-refractivity contribution in [3.8, 4) is 0 Å². The molecular weight excluding hydrogens is 1600 g/mol. The molecule has 0 rings (SSSR count). The molecule has 0 aromatic rings. The first-order valence-corrected chi connectivity index (χ1v) is 52.7. The van der Waals surface area contributed by atoms with E-state index in [0.29, 0.717) is 19.3 Å². The van der Waals surface area contributed by atoms with Crippen LogP contribution in [0.5, 0.6) is 0 Å². The number of carbonyl (C=O) groups excluding carboxylic acids is 3. The molecule has 0 aliphatic carbocycles. The molecule has 0 fully saturated rings. The average Bonchev–Trinajstić information content (AvgIpc) is 0.902. The second kappa shape index (κ2) is 97.4. The van der Waals surface area contributed by atoms with Crippen LogP contribution in [0.4, 0.5) is 0 Å². The van der Waals surface area contributed by atoms with Crippen molar-refractivity contribution in [2.75, 3.05) is 39.6 Å². The molecule has 0 aliphatic heterocycles. The number of carbonyl (C=O) groups is 3. The van der Waals surface area contributed by atoms with Crippen LogP contribution in [0.15, 0.2) is 194 Å². The molecule has 0 aliphatic rings. The number of esters is 3. The fourth-order valence-corrected chi connectivity index (χ4v) is 14.9. The summed E-state index contributed by atoms with van der Waals surface area (Å²) in [5.74, 6) is -1.60. The molecule has 125 heavy (non-hydrogen) atoms. The highest BCUT2D eigenvalue weighted by Crippen LogP contribution is 2.45. The minimum absolute atomic E-state index is 0.0700. The van der Waals surface area contributed by atoms with Gasteiger partial charge in [-0.2, -0.15) is 0 Å². The predicted molar refractivity (Wildman–Crippen MR) is 528 cm³/mol. The number of phosphoric acid groups is 2. The molecule has 0 bridgehead atoms. The summed E-state index contributed by atoms with van der Waals surface area (Å²) in [7, 11) is -9.83. The Balaban J connectivity index is 4.58. The zero-order valence-electron chi connectivity index (χ0n) is 79.0. The van der Waals surface area contributed by atoms with Gasteiger partial charge in [-0.05, 0) is 167 Å². The lowest BCUT2D eigenvalue weighted by Crippen LogP contribution is -2.30. The summed E-state index contributed by atoms with van der Waals surface area (Å²) in [5, 5.41) is 20.8. The maximum Gasteiger partial charge on any atom is 0.472 e. The van der Waals surface area contributed by atoms with E-state index in [2.05, 4.69) is 215 Å². The number of phosphoric ester groups is 2. The third-order valence-corrected chi connectivity index (χ3v) is 22.7. The summed E-state index contributed by atoms with van der Waals surface area (Å²) >= 11 is 0. The second-order valence-corrected chi connectivity index (χ2v) is 35.7. The zero-order chi connectivity index (χ0) is 90.7. The quantitative estimate of drug-likeness (QED) is 0.0146. The number of hydrogen-bond acceptors (Lipinski definition) is 14. The maximum atomic E-state index is 13.1. The molecule has 5 atom stereocenters. The van der Waals surface area contributed by atoms with Crippen molar-refractivity contribution in [3.05, 3.63) is 194 Å². The average molecular weight is 1780 g/mol. The van der Waals surface area contributed by atoms with Crippen LogP contribution >= 0.6 is 15.6 Å². The number of aliphatic hydroxyl groups is 2. The van der Waals surface area contributed by atoms with E-state index < -0.39 is 91.5 Å². The van der Waals surface area contributed by atoms with Crippen LogP contribution in [0.2, 0.25) is 0 Å². The Morgan fingerprint density at radius 3 is 0.672 bits per heavy atom. The summed E-state index contributed by atoms with van der Waals surface area (Å²) in [6, 6.07) is 0. The third-order valence-electron chi connectivity index (χ3n) is 20.8. The van der Waals surface area contributed by atoms with Gasteiger partial charge in [0.05, 0.1) is 26.4 Å². The van der Waals surface area contributed by atoms with Crippen LogP contribution in [0.3, 0.4) is 0 Å². The standard InChI is InChI=1S/C107H180O16P2/c1-4-7-10-13-16-19-22-25-28-31-34-37-40-42-44-46-48-49-50-51-53-55-56-58-61-63-66-69-72-75-78-81-84-87-90-93-105(110)117-96-102(108)97-119-124(113,114)120-98-103(109)99-121-125(115,116)122-101-104(123-107(112)95-92-89-86-83-80-77-74-71-68-65-60-39-36-33-30-27-24-21-18-15-12-9-6-3)100-118-106(111)94-91-88-85-82-79-76-73-70-67-64-62-59-57-54-52-47-45-43-41-38-35-32-29-26-23-20-17-14-11-8-5-2/h7,9-10,12,16-21,25-30,34-39,42-45,48-49,65,68,74,77,102-104,108-109H,4-6,8,11,13-15,22-24,31-33,40-41,46-47,50-64,66-67,69-73,75-76,78-101H2,1-3H3,(H,113,114)(H,115,116)/b10-7-,12-9-,19-16-,20-17-,21-18-,28-25-,29-26-,30-27-,37-34-,38-35-,39-36-,44-42-,45-43-,49-48-,68-65-,77-74-. The molecule has 0 aromatic heterocycles. The minimum atomic E-state index is -4.96. The lowest BCUT2D eigenvalue weighted by Gasteiger charge is -2.21. The van der Waals surface area contributed by atoms with Gasteiger partial charge in [0.15, 0.2) is 6.10 Å². The summed E-state index contributed by atoms with van der Waals surface area (Å²) in [6.07, 6.45) is 131. The van der Waals surface area contributed by atoms with Gasteiger partial charge in [0.25, 0.3) is 0 Å². The van der Waals surface area contributed by atoms with Gasteiger partial charge in [-0.15, -0.1) is 0 Å². The molecule has 0 saturated carbocycles. The molecule has 5 unspecified atom stereocenters. The van der Waals surface area contributed by atoms with Crippen molar-refractivity contribution in [1.82, 2.24) is 0 Å². The van der Waals surface area contributed by atoms with Crippen LogP contribution in [-0.4, -0.2) is 95.9 Å². The molecule has 0 spiro atoms. The van der Waals surface area contributed by atoms with Crippen LogP contribution < -0.4 is 0 Å². The summed E-state index contributed by atoms with van der Waals surface area (Å²) in [6.45, 7) is 2.44. The van der Waals surface area contributed by atoms with E-state index in [1.807, 2.05) is 0 Å². The minimum Gasteiger partial charge on any atom is -0.463 e. The van der Waals surface area contributed by atoms with E-state index in [0.717, 1.165) is 167 Å². The molecule has 0 amide bonds. The largest absolute Gasteiger partial charge is 0.472 e. The van der Waals surface area contributed by atoms with E-state index >= 15 is 0 Å². The fourth-order valence-electron chi connectivity index (χ4n) is 13.3. The van der Waals surface area contributed by atoms with E-state index in [9.17, 15) is 43.5 Å². The molecule has 0 heterocycles. The first kappa shape index (κ1) is 119. The molecule has 0 aromatic carbocycles. The molecule has 714 valence electrons. The summed E-state index contributed by atoms with van der Waals surface area (Å²) < 4.78 is 61.6. The van der Waals surface area contributed by atoms with Gasteiger partial charge in [-0.1, -0.05) is 414 Å². The topological polar surface area (TPSA) is 231 Å². The number of allylic oxidation sites excluding steroid dienone is 32. The SMILES string of the molecule is CC/C=C\C/C=C\C/C=C\C/C=C\C/C=C\C/C=C\CCCCCCCCCCCCCCCCCCC(=O)OCC(O)COP(=O)(O)OCC(O)COP(=O)(O)OCC(COC(=O)CCCCCCCCCCCCCCCCC/C=C\C/C=C\C/C=C\C/C=C\CCCCC)OC(=O)CCCCCC/C=C\C/C=C\C/C=C\C/C=C\C/C=C\C/C=C\CC. The van der Waals surface area contributed by atoms with Gasteiger partial charge in [-0.25, -0.2) is 9.13 Å². The number of rotatable bonds is 93. The van der Waals surface area contributed by atoms with Crippen LogP contribution in [0.25, 0.3) is 0 Å². The number of ether oxygens (including phenoxy) is 3. The third kappa shape index (κ3) is 98.8. The normalized spacial score (nSPS) is 14.5. The first-order chi connectivity index (χ1) is 61.2. The lowest BCUT2D eigenvalue weighted by molar-refractivity contribution is -0.161. The van der Waals surface area contributed by atoms with Gasteiger partial charge >= 0.3 is 33.6 Å². The Morgan fingerprint density at radius 2 is 0.424 bits per heavy atom. The van der Waals surface area contributed by atoms with Crippen molar-refractivity contribution in [3.63, 3.8) is 0 Å². The van der Waals surface area contributed by atoms with Crippen molar-refractivity contribution in [1.29, 1.82) is 0 Å². The highest BCUT2D eigenvalue weighted by atomic mass is 31.2. The van der Waals surface area contributed by atoms with E-state index in [1.54, 1.807) is 0 Å². The Labute approximate surface area is 763 Å². The number of hydrogen-bond donors (Lipinski definition) is 4. The van der Waals surface area contributed by atoms with E-state index in [1.165, 1.54) is 180 Å². The Hall–Kier alpha value is -5.61. The highest BCUT2D eigenvalue weighted by molar-refractivity contribution is 7.47. The van der Waals surface area contributed by atoms with Crippen molar-refractivity contribution >= 4 is 33.6 Å². The van der Waals surface area contributed by atoms with Crippen LogP contribution in [-0.2, 0) is 55.8 Å². The Bertz CT molecular complexity index is 3050. The molecule has 4 N–H and O–H groups in total. The first-order valence-electron chi connectivity index (χ1n) is 49.7. The van der Waals surface area contributed by atoms with Gasteiger partial charge < -0.3 is 34.2 Å². The summed E-state index contributed by atoms with van der Waals surface area (Å²) in [5.41, 5.74) is 0. The van der Waals surface area contributed by atoms with Crippen molar-refractivity contribution in [2.24, 2.45) is 0 Å². The molecule has 16 nitrogen and oxygen atoms in total. The molecule has 18 heteroatoms. The van der Waals surface area contributed by atoms with Gasteiger partial charge in [0.1, 0.15) is 25.4 Å². The number of aliphatic hydroxyl groups excluding tert-OH is 2. The highest BCUT2D eigenvalue weighted by Gasteiger charge is 2.30. The monoisotopic (exact) mass is 1780 g/mol. The van der Waals surface area contributed by atoms with Crippen LogP contribution in [0.1, 0.15) is 406 Å². The van der Waals surface area contributed by atoms with E-state index in [-0.39, 0.29) is 19.3 Å². The van der Waals surface area contributed by atoms with E-state index in [4.69, 9.17) is 32.3 Å². The number of unbranched alkanes of at least 4 members (excludes halogenated alkanes) is 38. The summed E-state index contributed by atoms with van der Waals surface area (Å²) in [4.78, 5) is 59.1. The van der Waals surface area contributed by atoms with Gasteiger partial charge in [0, 0.05) is 19.3 Å². The fraction of sp³-hybridized carbons (Fsp3) is 0.673. The molecule has 0 radical (unpaired) electrons. The maximum absolute atomic E-state index is 13.1. The van der Waals surface area contributed by atoms with Crippen molar-refractivity contribution < 1.29 is 75.8 Å². The second-order valence-electron chi connectivity index (χ2n) is 32.8. The predicted octanol–water partition coefficient (Wildman–Crippen LogP) is 31.3.